The summed E-state index contributed by atoms with van der Waals surface area (Å²) in [7, 11) is 0. The first-order valence-electron chi connectivity index (χ1n) is 6.25. The number of aryl methyl sites for hydroxylation is 4. The van der Waals surface area contributed by atoms with Crippen LogP contribution < -0.4 is 0 Å². The molecule has 0 saturated heterocycles. The highest BCUT2D eigenvalue weighted by Gasteiger charge is 2.14. The van der Waals surface area contributed by atoms with Gasteiger partial charge in [-0.2, -0.15) is 0 Å². The van der Waals surface area contributed by atoms with Crippen molar-refractivity contribution in [1.82, 2.24) is 19.9 Å². The van der Waals surface area contributed by atoms with Gasteiger partial charge in [0.05, 0.1) is 0 Å². The van der Waals surface area contributed by atoms with Crippen LogP contribution in [-0.4, -0.2) is 19.9 Å². The molecule has 3 aromatic rings. The second kappa shape index (κ2) is 5.10. The van der Waals surface area contributed by atoms with Crippen molar-refractivity contribution in [3.05, 3.63) is 34.2 Å². The van der Waals surface area contributed by atoms with Crippen LogP contribution in [0.1, 0.15) is 21.8 Å². The maximum Gasteiger partial charge on any atom is 0.194 e. The monoisotopic (exact) mass is 302 g/mol. The molecule has 3 heterocycles. The molecule has 0 saturated carbocycles. The zero-order chi connectivity index (χ0) is 14.3. The Kier molecular flexibility index (Phi) is 3.43. The molecule has 0 aliphatic heterocycles. The van der Waals surface area contributed by atoms with Crippen molar-refractivity contribution < 1.29 is 0 Å². The van der Waals surface area contributed by atoms with Gasteiger partial charge in [0, 0.05) is 21.7 Å². The molecule has 6 heteroatoms. The summed E-state index contributed by atoms with van der Waals surface area (Å²) >= 11 is 3.21. The largest absolute Gasteiger partial charge is 0.229 e. The highest BCUT2D eigenvalue weighted by Crippen LogP contribution is 2.36. The highest BCUT2D eigenvalue weighted by molar-refractivity contribution is 7.99. The molecule has 102 valence electrons. The maximum atomic E-state index is 4.47. The predicted molar refractivity (Wildman–Crippen MR) is 82.5 cm³/mol. The molecule has 0 radical (unpaired) electrons. The second-order valence-electron chi connectivity index (χ2n) is 4.68. The molecule has 3 aromatic heterocycles. The predicted octanol–water partition coefficient (Wildman–Crippen LogP) is 3.87. The number of aromatic nitrogens is 4. The molecule has 0 amide bonds. The number of thiophene rings is 1. The normalized spacial score (nSPS) is 11.2. The molecular formula is C14H14N4S2. The lowest BCUT2D eigenvalue weighted by Crippen LogP contribution is -1.94. The summed E-state index contributed by atoms with van der Waals surface area (Å²) in [5, 5.41) is 2.80. The van der Waals surface area contributed by atoms with Gasteiger partial charge in [-0.05, 0) is 51.1 Å². The highest BCUT2D eigenvalue weighted by atomic mass is 32.2. The van der Waals surface area contributed by atoms with Crippen LogP contribution in [0.4, 0.5) is 0 Å². The molecule has 20 heavy (non-hydrogen) atoms. The van der Waals surface area contributed by atoms with Crippen LogP contribution in [0, 0.1) is 27.7 Å². The summed E-state index contributed by atoms with van der Waals surface area (Å²) in [6.07, 6.45) is 1.61. The number of nitrogens with zero attached hydrogens (tertiary/aromatic N) is 4. The Morgan fingerprint density at radius 3 is 2.40 bits per heavy atom. The molecule has 0 bridgehead atoms. The van der Waals surface area contributed by atoms with E-state index < -0.39 is 0 Å². The van der Waals surface area contributed by atoms with Crippen molar-refractivity contribution in [2.75, 3.05) is 0 Å². The van der Waals surface area contributed by atoms with Crippen molar-refractivity contribution >= 4 is 33.3 Å². The average Bonchev–Trinajstić information content (AvgIpc) is 2.65. The van der Waals surface area contributed by atoms with E-state index in [4.69, 9.17) is 0 Å². The van der Waals surface area contributed by atoms with E-state index in [1.807, 2.05) is 19.9 Å². The lowest BCUT2D eigenvalue weighted by molar-refractivity contribution is 0.899. The third-order valence-electron chi connectivity index (χ3n) is 3.08. The molecule has 0 spiro atoms. The van der Waals surface area contributed by atoms with E-state index in [1.54, 1.807) is 17.7 Å². The summed E-state index contributed by atoms with van der Waals surface area (Å²) in [5.74, 6) is 0. The van der Waals surface area contributed by atoms with Crippen LogP contribution in [0.3, 0.4) is 0 Å². The van der Waals surface area contributed by atoms with Gasteiger partial charge in [-0.3, -0.25) is 0 Å². The molecule has 0 atom stereocenters. The van der Waals surface area contributed by atoms with Gasteiger partial charge in [-0.25, -0.2) is 19.9 Å². The molecular weight excluding hydrogens is 288 g/mol. The van der Waals surface area contributed by atoms with E-state index >= 15 is 0 Å². The fourth-order valence-electron chi connectivity index (χ4n) is 2.05. The lowest BCUT2D eigenvalue weighted by Gasteiger charge is -2.04. The average molecular weight is 302 g/mol. The second-order valence-corrected chi connectivity index (χ2v) is 6.84. The quantitative estimate of drug-likeness (QED) is 0.531. The van der Waals surface area contributed by atoms with Crippen molar-refractivity contribution in [1.29, 1.82) is 0 Å². The Morgan fingerprint density at radius 2 is 1.70 bits per heavy atom. The number of hydrogen-bond acceptors (Lipinski definition) is 6. The van der Waals surface area contributed by atoms with Crippen molar-refractivity contribution in [3.63, 3.8) is 0 Å². The van der Waals surface area contributed by atoms with Crippen LogP contribution in [0.5, 0.6) is 0 Å². The minimum atomic E-state index is 0.741. The Hall–Kier alpha value is -1.53. The lowest BCUT2D eigenvalue weighted by atomic mass is 10.2. The van der Waals surface area contributed by atoms with Crippen molar-refractivity contribution in [2.24, 2.45) is 0 Å². The first kappa shape index (κ1) is 13.5. The van der Waals surface area contributed by atoms with Gasteiger partial charge in [0.2, 0.25) is 0 Å². The van der Waals surface area contributed by atoms with E-state index in [1.165, 1.54) is 22.2 Å². The van der Waals surface area contributed by atoms with E-state index in [0.717, 1.165) is 31.8 Å². The minimum Gasteiger partial charge on any atom is -0.229 e. The topological polar surface area (TPSA) is 51.6 Å². The third kappa shape index (κ3) is 2.41. The van der Waals surface area contributed by atoms with Crippen molar-refractivity contribution in [2.45, 2.75) is 37.9 Å². The van der Waals surface area contributed by atoms with E-state index in [0.29, 0.717) is 0 Å². The molecule has 0 N–H and O–H groups in total. The summed E-state index contributed by atoms with van der Waals surface area (Å²) in [5.41, 5.74) is 3.20. The first-order valence-corrected chi connectivity index (χ1v) is 7.88. The number of fused-ring (bicyclic) bond motifs is 1. The summed E-state index contributed by atoms with van der Waals surface area (Å²) in [6.45, 7) is 8.19. The zero-order valence-electron chi connectivity index (χ0n) is 11.8. The third-order valence-corrected chi connectivity index (χ3v) is 5.06. The fourth-order valence-corrected chi connectivity index (χ4v) is 4.12. The molecule has 0 fully saturated rings. The van der Waals surface area contributed by atoms with Crippen LogP contribution in [-0.2, 0) is 0 Å². The first-order chi connectivity index (χ1) is 9.54. The minimum absolute atomic E-state index is 0.741. The number of rotatable bonds is 2. The Morgan fingerprint density at radius 1 is 1.00 bits per heavy atom. The molecule has 0 aliphatic carbocycles. The SMILES string of the molecule is Cc1cc(C)nc(Sc2ncnc3sc(C)c(C)c23)n1. The molecule has 3 rings (SSSR count). The van der Waals surface area contributed by atoms with Crippen LogP contribution in [0.15, 0.2) is 22.6 Å². The summed E-state index contributed by atoms with van der Waals surface area (Å²) < 4.78 is 0. The van der Waals surface area contributed by atoms with Gasteiger partial charge in [0.1, 0.15) is 16.2 Å². The fraction of sp³-hybridized carbons (Fsp3) is 0.286. The molecule has 0 aliphatic rings. The van der Waals surface area contributed by atoms with Gasteiger partial charge in [0.15, 0.2) is 5.16 Å². The van der Waals surface area contributed by atoms with Gasteiger partial charge in [0.25, 0.3) is 0 Å². The Labute approximate surface area is 125 Å². The smallest absolute Gasteiger partial charge is 0.194 e. The van der Waals surface area contributed by atoms with Gasteiger partial charge in [-0.15, -0.1) is 11.3 Å². The van der Waals surface area contributed by atoms with Gasteiger partial charge in [-0.1, -0.05) is 0 Å². The van der Waals surface area contributed by atoms with E-state index in [2.05, 4.69) is 33.8 Å². The Balaban J connectivity index is 2.10. The van der Waals surface area contributed by atoms with Crippen molar-refractivity contribution in [3.8, 4) is 0 Å². The van der Waals surface area contributed by atoms with Crippen LogP contribution in [0.25, 0.3) is 10.2 Å². The Bertz CT molecular complexity index is 775. The van der Waals surface area contributed by atoms with E-state index in [-0.39, 0.29) is 0 Å². The number of hydrogen-bond donors (Lipinski definition) is 0. The van der Waals surface area contributed by atoms with E-state index in [9.17, 15) is 0 Å². The standard InChI is InChI=1S/C14H14N4S2/c1-7-5-8(2)18-14(17-7)20-13-11-9(3)10(4)19-12(11)15-6-16-13/h5-6H,1-4H3. The zero-order valence-corrected chi connectivity index (χ0v) is 13.4. The van der Waals surface area contributed by atoms with Crippen LogP contribution >= 0.6 is 23.1 Å². The van der Waals surface area contributed by atoms with Crippen LogP contribution in [0.2, 0.25) is 0 Å². The van der Waals surface area contributed by atoms with Gasteiger partial charge >= 0.3 is 0 Å². The van der Waals surface area contributed by atoms with Gasteiger partial charge < -0.3 is 0 Å². The summed E-state index contributed by atoms with van der Waals surface area (Å²) in [4.78, 5) is 20.0. The molecule has 0 unspecified atom stereocenters. The molecule has 0 aromatic carbocycles. The molecule has 4 nitrogen and oxygen atoms in total. The maximum absolute atomic E-state index is 4.47. The summed E-state index contributed by atoms with van der Waals surface area (Å²) in [6, 6.07) is 1.97.